The van der Waals surface area contributed by atoms with Crippen molar-refractivity contribution in [1.29, 1.82) is 0 Å². The second-order valence-electron chi connectivity index (χ2n) is 12.6. The quantitative estimate of drug-likeness (QED) is 0.409. The molecule has 2 aliphatic carbocycles. The van der Waals surface area contributed by atoms with Crippen molar-refractivity contribution in [2.75, 3.05) is 19.0 Å². The summed E-state index contributed by atoms with van der Waals surface area (Å²) in [6, 6.07) is 6.79. The number of alkyl halides is 5. The third kappa shape index (κ3) is 5.83. The number of allylic oxidation sites excluding steroid dienone is 3. The Bertz CT molecular complexity index is 1600. The molecule has 13 heteroatoms. The number of amides is 2. The number of carbonyl (C=O) groups excluding carboxylic acids is 2. The molecule has 6 rings (SSSR count). The van der Waals surface area contributed by atoms with Gasteiger partial charge in [0.05, 0.1) is 18.0 Å². The lowest BCUT2D eigenvalue weighted by atomic mass is 9.79. The molecule has 2 amide bonds. The van der Waals surface area contributed by atoms with Gasteiger partial charge in [0.2, 0.25) is 5.91 Å². The number of rotatable bonds is 5. The molecule has 7 nitrogen and oxygen atoms in total. The predicted octanol–water partition coefficient (Wildman–Crippen LogP) is 5.66. The molecule has 1 fully saturated rings. The summed E-state index contributed by atoms with van der Waals surface area (Å²) < 4.78 is 90.7. The van der Waals surface area contributed by atoms with Crippen molar-refractivity contribution in [1.82, 2.24) is 15.2 Å². The number of benzene rings is 1. The standard InChI is InChI=1S/C33H34F6N4O3/c1-17-22(23-12-21(34)13-25(35)27(23)36)5-3-7-26(30(46-2)43(17)16-33(37,38)39)41-29(44)18-8-9-19-14-32(15-20(19)11-18)24-6-4-10-40-28(24)42-31(32)45/h4,6,8-13,17,22,25-27,30H,3,5,7,14-16H2,1-2H3,(H,41,44)(H,40,42,45). The molecule has 2 aliphatic heterocycles. The number of nitrogens with zero attached hydrogens (tertiary/aromatic N) is 2. The van der Waals surface area contributed by atoms with Gasteiger partial charge in [-0.1, -0.05) is 18.6 Å². The highest BCUT2D eigenvalue weighted by Gasteiger charge is 2.51. The van der Waals surface area contributed by atoms with E-state index in [4.69, 9.17) is 4.74 Å². The average Bonchev–Trinajstić information content (AvgIpc) is 3.52. The molecule has 246 valence electrons. The van der Waals surface area contributed by atoms with Crippen LogP contribution in [0.5, 0.6) is 0 Å². The molecule has 7 atom stereocenters. The van der Waals surface area contributed by atoms with Gasteiger partial charge >= 0.3 is 6.18 Å². The van der Waals surface area contributed by atoms with Crippen molar-refractivity contribution < 1.29 is 40.7 Å². The smallest absolute Gasteiger partial charge is 0.364 e. The van der Waals surface area contributed by atoms with E-state index in [1.54, 1.807) is 30.5 Å². The van der Waals surface area contributed by atoms with Gasteiger partial charge in [-0.15, -0.1) is 0 Å². The molecule has 1 spiro atoms. The van der Waals surface area contributed by atoms with Gasteiger partial charge < -0.3 is 15.4 Å². The van der Waals surface area contributed by atoms with Gasteiger partial charge in [0.1, 0.15) is 17.9 Å². The van der Waals surface area contributed by atoms with Crippen LogP contribution in [0.2, 0.25) is 0 Å². The number of ether oxygens (including phenoxy) is 1. The van der Waals surface area contributed by atoms with E-state index in [0.29, 0.717) is 31.2 Å². The summed E-state index contributed by atoms with van der Waals surface area (Å²) in [7, 11) is 1.22. The topological polar surface area (TPSA) is 83.6 Å². The van der Waals surface area contributed by atoms with E-state index in [1.807, 2.05) is 6.07 Å². The Hall–Kier alpha value is -3.71. The molecular weight excluding hydrogens is 614 g/mol. The molecule has 0 saturated carbocycles. The maximum atomic E-state index is 15.0. The third-order valence-electron chi connectivity index (χ3n) is 9.82. The minimum atomic E-state index is -4.69. The first-order chi connectivity index (χ1) is 21.8. The number of nitrogens with one attached hydrogen (secondary N) is 2. The van der Waals surface area contributed by atoms with Crippen LogP contribution in [-0.2, 0) is 27.8 Å². The second-order valence-corrected chi connectivity index (χ2v) is 12.6. The molecule has 2 aromatic rings. The highest BCUT2D eigenvalue weighted by atomic mass is 19.4. The number of hydrogen-bond donors (Lipinski definition) is 2. The summed E-state index contributed by atoms with van der Waals surface area (Å²) in [5, 5.41) is 5.70. The van der Waals surface area contributed by atoms with E-state index >= 15 is 0 Å². The zero-order chi connectivity index (χ0) is 33.0. The Kier molecular flexibility index (Phi) is 8.51. The Morgan fingerprint density at radius 2 is 1.93 bits per heavy atom. The van der Waals surface area contributed by atoms with E-state index in [-0.39, 0.29) is 29.9 Å². The fourth-order valence-corrected chi connectivity index (χ4v) is 7.64. The van der Waals surface area contributed by atoms with Crippen LogP contribution < -0.4 is 10.6 Å². The van der Waals surface area contributed by atoms with Crippen LogP contribution in [0.4, 0.5) is 32.2 Å². The number of aromatic nitrogens is 1. The Morgan fingerprint density at radius 1 is 1.17 bits per heavy atom. The SMILES string of the molecule is COC1C(NC(=O)c2ccc3c(c2)CC2(C3)C(=O)Nc3ncccc32)CCCC(C2=CC(F)=CC(F)C2F)C(C)N1CC(F)(F)F. The number of methoxy groups -OCH3 is 1. The molecule has 4 aliphatic rings. The average molecular weight is 649 g/mol. The zero-order valence-corrected chi connectivity index (χ0v) is 25.2. The fraction of sp³-hybridized carbons (Fsp3) is 0.485. The summed E-state index contributed by atoms with van der Waals surface area (Å²) in [4.78, 5) is 31.9. The Balaban J connectivity index is 1.24. The monoisotopic (exact) mass is 648 g/mol. The number of carbonyl (C=O) groups is 2. The van der Waals surface area contributed by atoms with Crippen molar-refractivity contribution >= 4 is 17.6 Å². The van der Waals surface area contributed by atoms with E-state index in [2.05, 4.69) is 15.6 Å². The van der Waals surface area contributed by atoms with Crippen LogP contribution in [0, 0.1) is 5.92 Å². The molecule has 2 N–H and O–H groups in total. The van der Waals surface area contributed by atoms with Crippen molar-refractivity contribution in [3.05, 3.63) is 82.3 Å². The van der Waals surface area contributed by atoms with Gasteiger partial charge in [-0.25, -0.2) is 18.2 Å². The van der Waals surface area contributed by atoms with Crippen LogP contribution in [0.15, 0.2) is 60.1 Å². The van der Waals surface area contributed by atoms with Gasteiger partial charge in [0, 0.05) is 30.5 Å². The fourth-order valence-electron chi connectivity index (χ4n) is 7.64. The number of pyridine rings is 1. The highest BCUT2D eigenvalue weighted by molar-refractivity contribution is 6.06. The van der Waals surface area contributed by atoms with E-state index in [9.17, 15) is 35.9 Å². The summed E-state index contributed by atoms with van der Waals surface area (Å²) in [6.07, 6.45) is -5.99. The minimum Gasteiger partial charge on any atom is -0.364 e. The minimum absolute atomic E-state index is 0.143. The number of hydrogen-bond acceptors (Lipinski definition) is 5. The van der Waals surface area contributed by atoms with Gasteiger partial charge in [-0.2, -0.15) is 13.2 Å². The van der Waals surface area contributed by atoms with Gasteiger partial charge in [0.15, 0.2) is 12.3 Å². The first-order valence-electron chi connectivity index (χ1n) is 15.2. The number of anilines is 1. The lowest BCUT2D eigenvalue weighted by molar-refractivity contribution is -0.187. The lowest BCUT2D eigenvalue weighted by Crippen LogP contribution is -2.60. The van der Waals surface area contributed by atoms with E-state index < -0.39 is 66.4 Å². The summed E-state index contributed by atoms with van der Waals surface area (Å²) in [5.74, 6) is -2.09. The maximum Gasteiger partial charge on any atom is 0.401 e. The van der Waals surface area contributed by atoms with Crippen molar-refractivity contribution in [3.63, 3.8) is 0 Å². The summed E-state index contributed by atoms with van der Waals surface area (Å²) >= 11 is 0. The molecule has 46 heavy (non-hydrogen) atoms. The van der Waals surface area contributed by atoms with Crippen molar-refractivity contribution in [2.45, 2.75) is 81.3 Å². The predicted molar refractivity (Wildman–Crippen MR) is 157 cm³/mol. The van der Waals surface area contributed by atoms with Gasteiger partial charge in [0.25, 0.3) is 5.91 Å². The lowest BCUT2D eigenvalue weighted by Gasteiger charge is -2.46. The molecular formula is C33H34F6N4O3. The molecule has 1 aromatic carbocycles. The van der Waals surface area contributed by atoms with Crippen molar-refractivity contribution in [3.8, 4) is 0 Å². The van der Waals surface area contributed by atoms with Gasteiger partial charge in [-0.3, -0.25) is 14.5 Å². The van der Waals surface area contributed by atoms with Crippen LogP contribution in [-0.4, -0.2) is 72.2 Å². The molecule has 0 radical (unpaired) electrons. The Morgan fingerprint density at radius 3 is 2.67 bits per heavy atom. The third-order valence-corrected chi connectivity index (χ3v) is 9.82. The summed E-state index contributed by atoms with van der Waals surface area (Å²) in [5.41, 5.74) is 1.72. The molecule has 3 heterocycles. The van der Waals surface area contributed by atoms with Gasteiger partial charge in [-0.05, 0) is 85.6 Å². The molecule has 0 bridgehead atoms. The van der Waals surface area contributed by atoms with Crippen LogP contribution in [0.1, 0.15) is 53.2 Å². The van der Waals surface area contributed by atoms with Crippen molar-refractivity contribution in [2.24, 2.45) is 5.92 Å². The van der Waals surface area contributed by atoms with Crippen LogP contribution >= 0.6 is 0 Å². The summed E-state index contributed by atoms with van der Waals surface area (Å²) in [6.45, 7) is 0.00327. The number of fused-ring (bicyclic) bond motifs is 3. The Labute approximate surface area is 262 Å². The highest BCUT2D eigenvalue weighted by Crippen LogP contribution is 2.47. The number of halogens is 6. The molecule has 1 saturated heterocycles. The molecule has 7 unspecified atom stereocenters. The van der Waals surface area contributed by atoms with E-state index in [1.165, 1.54) is 14.0 Å². The molecule has 1 aromatic heterocycles. The first kappa shape index (κ1) is 32.2. The van der Waals surface area contributed by atoms with E-state index in [0.717, 1.165) is 27.7 Å². The normalized spacial score (nSPS) is 31.3. The number of likely N-dealkylation sites (tertiary alicyclic amines) is 1. The maximum absolute atomic E-state index is 15.0. The van der Waals surface area contributed by atoms with Crippen LogP contribution in [0.3, 0.4) is 0 Å². The zero-order valence-electron chi connectivity index (χ0n) is 25.2. The second kappa shape index (κ2) is 12.1. The first-order valence-corrected chi connectivity index (χ1v) is 15.2. The van der Waals surface area contributed by atoms with Crippen LogP contribution in [0.25, 0.3) is 0 Å². The largest absolute Gasteiger partial charge is 0.401 e.